The number of rotatable bonds is 22. The van der Waals surface area contributed by atoms with E-state index in [1.165, 1.54) is 29.2 Å². The molecule has 59 heavy (non-hydrogen) atoms. The molecule has 0 radical (unpaired) electrons. The first-order valence-corrected chi connectivity index (χ1v) is 20.4. The summed E-state index contributed by atoms with van der Waals surface area (Å²) in [5, 5.41) is 23.9. The van der Waals surface area contributed by atoms with Gasteiger partial charge in [0.2, 0.25) is 10.0 Å². The highest BCUT2D eigenvalue weighted by atomic mass is 32.2. The van der Waals surface area contributed by atoms with Crippen molar-refractivity contribution < 1.29 is 55.9 Å². The van der Waals surface area contributed by atoms with Crippen LogP contribution in [0.15, 0.2) is 41.7 Å². The molecule has 0 unspecified atom stereocenters. The summed E-state index contributed by atoms with van der Waals surface area (Å²) in [6.45, 7) is 15.1. The third-order valence-corrected chi connectivity index (χ3v) is 8.90. The average molecular weight is 850 g/mol. The van der Waals surface area contributed by atoms with Crippen LogP contribution >= 0.6 is 0 Å². The second-order valence-corrected chi connectivity index (χ2v) is 17.6. The Labute approximate surface area is 345 Å². The van der Waals surface area contributed by atoms with Crippen LogP contribution in [0.4, 0.5) is 14.0 Å². The first-order valence-electron chi connectivity index (χ1n) is 18.9. The van der Waals surface area contributed by atoms with Gasteiger partial charge in [-0.25, -0.2) is 42.0 Å². The van der Waals surface area contributed by atoms with Crippen LogP contribution in [0.3, 0.4) is 0 Å². The van der Waals surface area contributed by atoms with Gasteiger partial charge < -0.3 is 33.5 Å². The van der Waals surface area contributed by atoms with E-state index in [0.29, 0.717) is 11.3 Å². The van der Waals surface area contributed by atoms with Gasteiger partial charge in [0.15, 0.2) is 0 Å². The summed E-state index contributed by atoms with van der Waals surface area (Å²) in [5.41, 5.74) is -1.44. The third kappa shape index (κ3) is 18.0. The highest BCUT2D eigenvalue weighted by Crippen LogP contribution is 2.23. The fraction of sp³-hybridized carbons (Fsp3) is 0.590. The molecular formula is C39H56FN7O11S. The van der Waals surface area contributed by atoms with Crippen molar-refractivity contribution in [3.8, 4) is 17.3 Å². The molecule has 2 aromatic heterocycles. The van der Waals surface area contributed by atoms with Gasteiger partial charge >= 0.3 is 12.2 Å². The zero-order valence-electron chi connectivity index (χ0n) is 34.9. The smallest absolute Gasteiger partial charge is 0.419 e. The van der Waals surface area contributed by atoms with Gasteiger partial charge in [0.05, 0.1) is 93.9 Å². The number of ether oxygens (including phenoxy) is 6. The molecule has 0 aliphatic rings. The molecule has 20 heteroatoms. The maximum atomic E-state index is 15.1. The molecule has 3 rings (SSSR count). The molecule has 0 fully saturated rings. The van der Waals surface area contributed by atoms with Crippen LogP contribution in [0.25, 0.3) is 11.3 Å². The number of halogens is 1. The molecule has 0 atom stereocenters. The van der Waals surface area contributed by atoms with Crippen LogP contribution in [0.2, 0.25) is 0 Å². The Morgan fingerprint density at radius 2 is 1.44 bits per heavy atom. The van der Waals surface area contributed by atoms with Crippen LogP contribution in [-0.2, 0) is 51.4 Å². The van der Waals surface area contributed by atoms with Crippen molar-refractivity contribution in [2.45, 2.75) is 90.1 Å². The highest BCUT2D eigenvalue weighted by molar-refractivity contribution is 7.89. The minimum atomic E-state index is -4.04. The molecule has 1 aromatic carbocycles. The maximum Gasteiger partial charge on any atom is 0.419 e. The van der Waals surface area contributed by atoms with Gasteiger partial charge in [-0.15, -0.1) is 0 Å². The van der Waals surface area contributed by atoms with Gasteiger partial charge in [0, 0.05) is 30.9 Å². The predicted molar refractivity (Wildman–Crippen MR) is 211 cm³/mol. The fourth-order valence-electron chi connectivity index (χ4n) is 4.92. The van der Waals surface area contributed by atoms with Crippen molar-refractivity contribution in [3.05, 3.63) is 59.6 Å². The minimum Gasteiger partial charge on any atom is -0.443 e. The van der Waals surface area contributed by atoms with Gasteiger partial charge in [0.1, 0.15) is 28.9 Å². The topological polar surface area (TPSA) is 227 Å². The largest absolute Gasteiger partial charge is 0.443 e. The van der Waals surface area contributed by atoms with Crippen molar-refractivity contribution in [3.63, 3.8) is 0 Å². The number of nitriles is 1. The lowest BCUT2D eigenvalue weighted by molar-refractivity contribution is -0.0140. The molecule has 0 aliphatic heterocycles. The van der Waals surface area contributed by atoms with Crippen molar-refractivity contribution in [2.24, 2.45) is 0 Å². The molecule has 2 amide bonds. The summed E-state index contributed by atoms with van der Waals surface area (Å²) in [5.74, 6) is -0.562. The van der Waals surface area contributed by atoms with E-state index in [0.717, 1.165) is 11.0 Å². The lowest BCUT2D eigenvalue weighted by Gasteiger charge is -2.28. The normalized spacial score (nSPS) is 12.3. The first-order chi connectivity index (χ1) is 27.6. The summed E-state index contributed by atoms with van der Waals surface area (Å²) >= 11 is 0. The predicted octanol–water partition coefficient (Wildman–Crippen LogP) is 4.23. The summed E-state index contributed by atoms with van der Waals surface area (Å²) in [6, 6.07) is 5.57. The molecule has 0 spiro atoms. The Hall–Kier alpha value is -4.62. The Morgan fingerprint density at radius 3 is 1.97 bits per heavy atom. The van der Waals surface area contributed by atoms with Gasteiger partial charge in [-0.3, -0.25) is 4.68 Å². The first kappa shape index (κ1) is 48.7. The van der Waals surface area contributed by atoms with E-state index in [1.54, 1.807) is 61.6 Å². The molecule has 2 heterocycles. The number of nitrogens with one attached hydrogen (secondary N) is 1. The van der Waals surface area contributed by atoms with Crippen LogP contribution in [-0.4, -0.2) is 133 Å². The second kappa shape index (κ2) is 22.1. The number of carbonyl (C=O) groups is 2. The Balaban J connectivity index is 1.32. The number of aliphatic hydroxyl groups is 1. The number of aromatic nitrogens is 4. The van der Waals surface area contributed by atoms with Gasteiger partial charge in [-0.05, 0) is 73.1 Å². The second-order valence-electron chi connectivity index (χ2n) is 15.8. The lowest BCUT2D eigenvalue weighted by atomic mass is 10.1. The number of hydrogen-bond acceptors (Lipinski definition) is 15. The quantitative estimate of drug-likeness (QED) is 0.135. The van der Waals surface area contributed by atoms with Crippen LogP contribution < -0.4 is 4.72 Å². The summed E-state index contributed by atoms with van der Waals surface area (Å²) in [7, 11) is -4.04. The SMILES string of the molecule is CC(C)(O)Cn1cc(-c2nc(Cc3ccc(S(=O)(=O)NCCOCCOCCOCCOCCN(C(=O)OC(C)(C)C)C(=O)OC(C)(C)C)cc3F)ncc2C#N)cn1. The number of sulfonamides is 1. The summed E-state index contributed by atoms with van der Waals surface area (Å²) in [6.07, 6.45) is 2.76. The highest BCUT2D eigenvalue weighted by Gasteiger charge is 2.31. The molecule has 0 bridgehead atoms. The van der Waals surface area contributed by atoms with E-state index < -0.39 is 44.8 Å². The van der Waals surface area contributed by atoms with E-state index in [9.17, 15) is 28.4 Å². The Morgan fingerprint density at radius 1 is 0.881 bits per heavy atom. The Kier molecular flexibility index (Phi) is 18.3. The maximum absolute atomic E-state index is 15.1. The molecule has 0 saturated heterocycles. The standard InChI is InChI=1S/C39H56FN7O11S/c1-37(2,3)57-35(48)47(36(49)58-38(4,5)6)12-14-54-16-18-56-20-19-55-17-15-53-13-11-44-59(51,52)31-10-9-28(32(40)22-31)21-33-42-24-29(23-41)34(45-33)30-25-43-46(26-30)27-39(7,8)50/h9-10,22,24-26,44,50H,11-21,27H2,1-8H3. The average Bonchev–Trinajstić information content (AvgIpc) is 3.57. The zero-order chi connectivity index (χ0) is 43.9. The molecule has 3 aromatic rings. The summed E-state index contributed by atoms with van der Waals surface area (Å²) in [4.78, 5) is 34.3. The molecular weight excluding hydrogens is 794 g/mol. The molecule has 0 aliphatic carbocycles. The van der Waals surface area contributed by atoms with E-state index >= 15 is 4.39 Å². The van der Waals surface area contributed by atoms with Crippen LogP contribution in [0.1, 0.15) is 72.3 Å². The van der Waals surface area contributed by atoms with Crippen LogP contribution in [0.5, 0.6) is 0 Å². The monoisotopic (exact) mass is 849 g/mol. The van der Waals surface area contributed by atoms with E-state index in [4.69, 9.17) is 28.4 Å². The number of imide groups is 1. The van der Waals surface area contributed by atoms with Gasteiger partial charge in [0.25, 0.3) is 0 Å². The Bertz CT molecular complexity index is 1960. The number of benzene rings is 1. The van der Waals surface area contributed by atoms with Crippen molar-refractivity contribution in [1.82, 2.24) is 29.4 Å². The van der Waals surface area contributed by atoms with Gasteiger partial charge in [-0.1, -0.05) is 6.07 Å². The zero-order valence-corrected chi connectivity index (χ0v) is 35.8. The lowest BCUT2D eigenvalue weighted by Crippen LogP contribution is -2.45. The van der Waals surface area contributed by atoms with Crippen molar-refractivity contribution in [1.29, 1.82) is 5.26 Å². The van der Waals surface area contributed by atoms with Crippen molar-refractivity contribution >= 4 is 22.2 Å². The molecule has 2 N–H and O–H groups in total. The molecule has 0 saturated carbocycles. The third-order valence-electron chi connectivity index (χ3n) is 7.44. The molecule has 18 nitrogen and oxygen atoms in total. The number of carbonyl (C=O) groups excluding carboxylic acids is 2. The minimum absolute atomic E-state index is 0.0469. The number of hydrogen-bond donors (Lipinski definition) is 2. The fourth-order valence-corrected chi connectivity index (χ4v) is 5.95. The number of amides is 2. The van der Waals surface area contributed by atoms with Crippen LogP contribution in [0, 0.1) is 17.1 Å². The van der Waals surface area contributed by atoms with E-state index in [-0.39, 0.29) is 101 Å². The molecule has 326 valence electrons. The number of nitrogens with zero attached hydrogens (tertiary/aromatic N) is 6. The van der Waals surface area contributed by atoms with Crippen molar-refractivity contribution in [2.75, 3.05) is 65.9 Å². The van der Waals surface area contributed by atoms with E-state index in [2.05, 4.69) is 19.8 Å². The van der Waals surface area contributed by atoms with E-state index in [1.807, 2.05) is 6.07 Å². The summed E-state index contributed by atoms with van der Waals surface area (Å²) < 4.78 is 77.1. The van der Waals surface area contributed by atoms with Gasteiger partial charge in [-0.2, -0.15) is 10.4 Å².